The SMILES string of the molecule is CCS(=O)(=O)N1CCC(NC(=O)C2(N)CCCCC2)CC1. The van der Waals surface area contributed by atoms with Crippen molar-refractivity contribution in [1.82, 2.24) is 9.62 Å². The van der Waals surface area contributed by atoms with Gasteiger partial charge in [0.05, 0.1) is 11.3 Å². The fraction of sp³-hybridized carbons (Fsp3) is 0.929. The van der Waals surface area contributed by atoms with E-state index in [2.05, 4.69) is 5.32 Å². The molecule has 2 fully saturated rings. The van der Waals surface area contributed by atoms with Gasteiger partial charge in [-0.25, -0.2) is 12.7 Å². The first-order chi connectivity index (χ1) is 9.87. The number of nitrogens with zero attached hydrogens (tertiary/aromatic N) is 1. The molecule has 0 aromatic carbocycles. The van der Waals surface area contributed by atoms with Gasteiger partial charge in [-0.15, -0.1) is 0 Å². The number of piperidine rings is 1. The van der Waals surface area contributed by atoms with Crippen molar-refractivity contribution in [2.75, 3.05) is 18.8 Å². The molecule has 1 amide bonds. The molecule has 0 aromatic heterocycles. The average molecular weight is 317 g/mol. The molecule has 3 N–H and O–H groups in total. The third kappa shape index (κ3) is 3.96. The van der Waals surface area contributed by atoms with Crippen LogP contribution >= 0.6 is 0 Å². The minimum absolute atomic E-state index is 0.0446. The molecular formula is C14H27N3O3S. The zero-order valence-electron chi connectivity index (χ0n) is 12.8. The van der Waals surface area contributed by atoms with Crippen molar-refractivity contribution in [3.63, 3.8) is 0 Å². The molecule has 6 nitrogen and oxygen atoms in total. The number of sulfonamides is 1. The summed E-state index contributed by atoms with van der Waals surface area (Å²) in [5.74, 6) is 0.0784. The first-order valence-electron chi connectivity index (χ1n) is 7.95. The third-order valence-electron chi connectivity index (χ3n) is 4.75. The maximum atomic E-state index is 12.4. The largest absolute Gasteiger partial charge is 0.352 e. The highest BCUT2D eigenvalue weighted by molar-refractivity contribution is 7.89. The van der Waals surface area contributed by atoms with E-state index in [1.807, 2.05) is 0 Å². The zero-order chi connectivity index (χ0) is 15.5. The van der Waals surface area contributed by atoms with Gasteiger partial charge >= 0.3 is 0 Å². The molecule has 0 bridgehead atoms. The van der Waals surface area contributed by atoms with Crippen molar-refractivity contribution in [1.29, 1.82) is 0 Å². The van der Waals surface area contributed by atoms with Crippen LogP contribution in [0.5, 0.6) is 0 Å². The van der Waals surface area contributed by atoms with E-state index in [1.165, 1.54) is 4.31 Å². The van der Waals surface area contributed by atoms with Crippen molar-refractivity contribution < 1.29 is 13.2 Å². The molecular weight excluding hydrogens is 290 g/mol. The molecule has 7 heteroatoms. The summed E-state index contributed by atoms with van der Waals surface area (Å²) in [6, 6.07) is 0.0446. The van der Waals surface area contributed by atoms with E-state index < -0.39 is 15.6 Å². The predicted molar refractivity (Wildman–Crippen MR) is 82.2 cm³/mol. The van der Waals surface area contributed by atoms with Crippen LogP contribution in [0.15, 0.2) is 0 Å². The van der Waals surface area contributed by atoms with E-state index in [9.17, 15) is 13.2 Å². The fourth-order valence-electron chi connectivity index (χ4n) is 3.20. The van der Waals surface area contributed by atoms with Crippen LogP contribution in [0.3, 0.4) is 0 Å². The van der Waals surface area contributed by atoms with Gasteiger partial charge in [0.1, 0.15) is 0 Å². The smallest absolute Gasteiger partial charge is 0.240 e. The van der Waals surface area contributed by atoms with Crippen LogP contribution in [0, 0.1) is 0 Å². The maximum absolute atomic E-state index is 12.4. The maximum Gasteiger partial charge on any atom is 0.240 e. The number of amides is 1. The van der Waals surface area contributed by atoms with E-state index in [0.717, 1.165) is 32.1 Å². The number of rotatable bonds is 4. The second-order valence-corrected chi connectivity index (χ2v) is 8.52. The second kappa shape index (κ2) is 6.62. The topological polar surface area (TPSA) is 92.5 Å². The quantitative estimate of drug-likeness (QED) is 0.793. The van der Waals surface area contributed by atoms with E-state index >= 15 is 0 Å². The van der Waals surface area contributed by atoms with E-state index in [-0.39, 0.29) is 17.7 Å². The summed E-state index contributed by atoms with van der Waals surface area (Å²) in [5, 5.41) is 3.03. The van der Waals surface area contributed by atoms with E-state index in [1.54, 1.807) is 6.92 Å². The minimum Gasteiger partial charge on any atom is -0.352 e. The standard InChI is InChI=1S/C14H27N3O3S/c1-2-21(19,20)17-10-6-12(7-11-17)16-13(18)14(15)8-4-3-5-9-14/h12H,2-11,15H2,1H3,(H,16,18). The monoisotopic (exact) mass is 317 g/mol. The number of hydrogen-bond acceptors (Lipinski definition) is 4. The van der Waals surface area contributed by atoms with Crippen molar-refractivity contribution >= 4 is 15.9 Å². The highest BCUT2D eigenvalue weighted by Gasteiger charge is 2.37. The molecule has 0 aromatic rings. The van der Waals surface area contributed by atoms with Crippen LogP contribution in [0.4, 0.5) is 0 Å². The Labute approximate surface area is 127 Å². The first kappa shape index (κ1) is 16.7. The van der Waals surface area contributed by atoms with Gasteiger partial charge in [0.15, 0.2) is 0 Å². The number of hydrogen-bond donors (Lipinski definition) is 2. The lowest BCUT2D eigenvalue weighted by Crippen LogP contribution is -2.58. The Morgan fingerprint density at radius 3 is 2.33 bits per heavy atom. The number of nitrogens with two attached hydrogens (primary N) is 1. The summed E-state index contributed by atoms with van der Waals surface area (Å²) < 4.78 is 25.1. The Morgan fingerprint density at radius 2 is 1.81 bits per heavy atom. The average Bonchev–Trinajstić information content (AvgIpc) is 2.48. The fourth-order valence-corrected chi connectivity index (χ4v) is 4.33. The summed E-state index contributed by atoms with van der Waals surface area (Å²) in [6.07, 6.45) is 6.01. The van der Waals surface area contributed by atoms with E-state index in [4.69, 9.17) is 5.73 Å². The number of carbonyl (C=O) groups is 1. The summed E-state index contributed by atoms with van der Waals surface area (Å²) in [4.78, 5) is 12.4. The molecule has 1 saturated heterocycles. The summed E-state index contributed by atoms with van der Waals surface area (Å²) in [5.41, 5.74) is 5.50. The molecule has 2 rings (SSSR count). The lowest BCUT2D eigenvalue weighted by atomic mass is 9.81. The third-order valence-corrected chi connectivity index (χ3v) is 6.63. The summed E-state index contributed by atoms with van der Waals surface area (Å²) >= 11 is 0. The Hall–Kier alpha value is -0.660. The predicted octanol–water partition coefficient (Wildman–Crippen LogP) is 0.578. The van der Waals surface area contributed by atoms with Crippen LogP contribution in [-0.4, -0.2) is 49.1 Å². The summed E-state index contributed by atoms with van der Waals surface area (Å²) in [7, 11) is -3.11. The van der Waals surface area contributed by atoms with Gasteiger partial charge in [-0.2, -0.15) is 0 Å². The van der Waals surface area contributed by atoms with Crippen LogP contribution in [0.2, 0.25) is 0 Å². The van der Waals surface area contributed by atoms with E-state index in [0.29, 0.717) is 25.9 Å². The van der Waals surface area contributed by atoms with Gasteiger partial charge in [-0.3, -0.25) is 4.79 Å². The molecule has 1 aliphatic carbocycles. The van der Waals surface area contributed by atoms with Crippen LogP contribution in [0.1, 0.15) is 51.9 Å². The minimum atomic E-state index is -3.11. The van der Waals surface area contributed by atoms with Crippen molar-refractivity contribution in [2.24, 2.45) is 5.73 Å². The lowest BCUT2D eigenvalue weighted by Gasteiger charge is -2.36. The molecule has 0 atom stereocenters. The molecule has 1 aliphatic heterocycles. The first-order valence-corrected chi connectivity index (χ1v) is 9.56. The lowest BCUT2D eigenvalue weighted by molar-refractivity contribution is -0.128. The van der Waals surface area contributed by atoms with Gasteiger partial charge in [-0.05, 0) is 32.6 Å². The van der Waals surface area contributed by atoms with Gasteiger partial charge in [0.25, 0.3) is 0 Å². The molecule has 21 heavy (non-hydrogen) atoms. The van der Waals surface area contributed by atoms with Crippen molar-refractivity contribution in [2.45, 2.75) is 63.5 Å². The van der Waals surface area contributed by atoms with Crippen LogP contribution in [0.25, 0.3) is 0 Å². The van der Waals surface area contributed by atoms with Gasteiger partial charge in [-0.1, -0.05) is 19.3 Å². The number of nitrogens with one attached hydrogen (secondary N) is 1. The molecule has 1 saturated carbocycles. The Balaban J connectivity index is 1.84. The molecule has 122 valence electrons. The van der Waals surface area contributed by atoms with Crippen molar-refractivity contribution in [3.8, 4) is 0 Å². The van der Waals surface area contributed by atoms with Gasteiger partial charge in [0, 0.05) is 19.1 Å². The Kier molecular flexibility index (Phi) is 5.27. The molecule has 0 spiro atoms. The zero-order valence-corrected chi connectivity index (χ0v) is 13.6. The molecule has 0 unspecified atom stereocenters. The normalized spacial score (nSPS) is 24.7. The Morgan fingerprint density at radius 1 is 1.24 bits per heavy atom. The van der Waals surface area contributed by atoms with Gasteiger partial charge < -0.3 is 11.1 Å². The highest BCUT2D eigenvalue weighted by atomic mass is 32.2. The Bertz CT molecular complexity index is 464. The van der Waals surface area contributed by atoms with Gasteiger partial charge in [0.2, 0.25) is 15.9 Å². The van der Waals surface area contributed by atoms with Crippen LogP contribution in [-0.2, 0) is 14.8 Å². The highest BCUT2D eigenvalue weighted by Crippen LogP contribution is 2.26. The molecule has 1 heterocycles. The second-order valence-electron chi connectivity index (χ2n) is 6.26. The summed E-state index contributed by atoms with van der Waals surface area (Å²) in [6.45, 7) is 2.63. The van der Waals surface area contributed by atoms with Crippen molar-refractivity contribution in [3.05, 3.63) is 0 Å². The van der Waals surface area contributed by atoms with Crippen LogP contribution < -0.4 is 11.1 Å². The molecule has 2 aliphatic rings. The number of carbonyl (C=O) groups excluding carboxylic acids is 1. The molecule has 0 radical (unpaired) electrons.